The molecule has 162 valence electrons. The molecule has 3 aromatic rings. The van der Waals surface area contributed by atoms with Crippen molar-refractivity contribution in [1.29, 1.82) is 0 Å². The van der Waals surface area contributed by atoms with Gasteiger partial charge in [0.25, 0.3) is 0 Å². The van der Waals surface area contributed by atoms with Gasteiger partial charge in [-0.15, -0.1) is 10.2 Å². The van der Waals surface area contributed by atoms with E-state index in [4.69, 9.17) is 4.74 Å². The molecular weight excluding hydrogens is 412 g/mol. The maximum atomic E-state index is 13.1. The average Bonchev–Trinajstić information content (AvgIpc) is 2.79. The molecule has 1 aromatic heterocycles. The Balaban J connectivity index is 1.45. The number of piperazine rings is 1. The van der Waals surface area contributed by atoms with Crippen LogP contribution in [0.25, 0.3) is 11.3 Å². The highest BCUT2D eigenvalue weighted by Gasteiger charge is 2.30. The van der Waals surface area contributed by atoms with Crippen LogP contribution >= 0.6 is 0 Å². The zero-order valence-corrected chi connectivity index (χ0v) is 18.8. The third-order valence-corrected chi connectivity index (χ3v) is 7.59. The number of sulfonamides is 1. The number of hydrogen-bond donors (Lipinski definition) is 0. The lowest BCUT2D eigenvalue weighted by molar-refractivity contribution is 0.383. The summed E-state index contributed by atoms with van der Waals surface area (Å²) in [6.07, 6.45) is 0. The molecule has 1 aliphatic heterocycles. The molecule has 1 aliphatic rings. The lowest BCUT2D eigenvalue weighted by atomic mass is 10.1. The number of benzene rings is 2. The minimum atomic E-state index is -3.51. The van der Waals surface area contributed by atoms with Crippen LogP contribution in [0.5, 0.6) is 5.75 Å². The first-order chi connectivity index (χ1) is 14.9. The molecule has 2 heterocycles. The summed E-state index contributed by atoms with van der Waals surface area (Å²) >= 11 is 0. The van der Waals surface area contributed by atoms with E-state index in [1.807, 2.05) is 62.4 Å². The van der Waals surface area contributed by atoms with E-state index in [0.717, 1.165) is 34.0 Å². The van der Waals surface area contributed by atoms with Crippen LogP contribution in [-0.2, 0) is 10.0 Å². The van der Waals surface area contributed by atoms with Crippen LogP contribution < -0.4 is 9.64 Å². The summed E-state index contributed by atoms with van der Waals surface area (Å²) in [7, 11) is -1.87. The molecule has 0 N–H and O–H groups in total. The largest absolute Gasteiger partial charge is 0.497 e. The van der Waals surface area contributed by atoms with Crippen LogP contribution in [0, 0.1) is 13.8 Å². The van der Waals surface area contributed by atoms with Crippen molar-refractivity contribution in [1.82, 2.24) is 14.5 Å². The van der Waals surface area contributed by atoms with E-state index >= 15 is 0 Å². The van der Waals surface area contributed by atoms with E-state index in [1.165, 1.54) is 0 Å². The van der Waals surface area contributed by atoms with Crippen LogP contribution in [0.15, 0.2) is 59.5 Å². The Kier molecular flexibility index (Phi) is 5.93. The van der Waals surface area contributed by atoms with Crippen molar-refractivity contribution in [2.24, 2.45) is 0 Å². The zero-order valence-electron chi connectivity index (χ0n) is 17.9. The second kappa shape index (κ2) is 8.64. The Bertz CT molecular complexity index is 1170. The fourth-order valence-electron chi connectivity index (χ4n) is 3.82. The number of ether oxygens (including phenoxy) is 1. The highest BCUT2D eigenvalue weighted by Crippen LogP contribution is 2.25. The molecule has 31 heavy (non-hydrogen) atoms. The molecule has 0 unspecified atom stereocenters. The maximum Gasteiger partial charge on any atom is 0.243 e. The predicted molar refractivity (Wildman–Crippen MR) is 121 cm³/mol. The van der Waals surface area contributed by atoms with Gasteiger partial charge in [0.05, 0.1) is 17.7 Å². The monoisotopic (exact) mass is 438 g/mol. The smallest absolute Gasteiger partial charge is 0.243 e. The van der Waals surface area contributed by atoms with Gasteiger partial charge in [0, 0.05) is 31.7 Å². The molecule has 1 fully saturated rings. The summed E-state index contributed by atoms with van der Waals surface area (Å²) in [4.78, 5) is 2.45. The number of aryl methyl sites for hydroxylation is 2. The van der Waals surface area contributed by atoms with Gasteiger partial charge in [-0.2, -0.15) is 4.31 Å². The second-order valence-corrected chi connectivity index (χ2v) is 9.58. The molecule has 7 nitrogen and oxygen atoms in total. The fraction of sp³-hybridized carbons (Fsp3) is 0.304. The van der Waals surface area contributed by atoms with Gasteiger partial charge in [-0.05, 0) is 49.7 Å². The van der Waals surface area contributed by atoms with Crippen molar-refractivity contribution in [2.45, 2.75) is 18.7 Å². The Morgan fingerprint density at radius 1 is 0.903 bits per heavy atom. The molecular formula is C23H26N4O3S. The first kappa shape index (κ1) is 21.3. The summed E-state index contributed by atoms with van der Waals surface area (Å²) in [5.41, 5.74) is 3.53. The minimum Gasteiger partial charge on any atom is -0.497 e. The van der Waals surface area contributed by atoms with E-state index in [2.05, 4.69) is 15.1 Å². The SMILES string of the molecule is COc1cccc(-c2ccc(N3CCN(S(=O)(=O)c4ccc(C)cc4C)CC3)nn2)c1. The van der Waals surface area contributed by atoms with Gasteiger partial charge < -0.3 is 9.64 Å². The lowest BCUT2D eigenvalue weighted by Gasteiger charge is -2.34. The number of hydrogen-bond acceptors (Lipinski definition) is 6. The summed E-state index contributed by atoms with van der Waals surface area (Å²) < 4.78 is 33.0. The molecule has 4 rings (SSSR count). The summed E-state index contributed by atoms with van der Waals surface area (Å²) in [5, 5.41) is 8.73. The van der Waals surface area contributed by atoms with E-state index < -0.39 is 10.0 Å². The minimum absolute atomic E-state index is 0.383. The third kappa shape index (κ3) is 4.40. The summed E-state index contributed by atoms with van der Waals surface area (Å²) in [5.74, 6) is 1.51. The Morgan fingerprint density at radius 2 is 1.68 bits per heavy atom. The topological polar surface area (TPSA) is 75.6 Å². The molecule has 0 spiro atoms. The van der Waals surface area contributed by atoms with Crippen LogP contribution in [-0.4, -0.2) is 56.2 Å². The standard InChI is InChI=1S/C23H26N4O3S/c1-17-7-9-22(18(2)15-17)31(28,29)27-13-11-26(12-14-27)23-10-8-21(24-25-23)19-5-4-6-20(16-19)30-3/h4-10,15-16H,11-14H2,1-3H3. The Morgan fingerprint density at radius 3 is 2.32 bits per heavy atom. The van der Waals surface area contributed by atoms with Crippen LogP contribution in [0.1, 0.15) is 11.1 Å². The first-order valence-electron chi connectivity index (χ1n) is 10.2. The predicted octanol–water partition coefficient (Wildman–Crippen LogP) is 3.28. The van der Waals surface area contributed by atoms with Crippen molar-refractivity contribution in [3.63, 3.8) is 0 Å². The number of rotatable bonds is 5. The van der Waals surface area contributed by atoms with E-state index in [-0.39, 0.29) is 0 Å². The molecule has 0 saturated carbocycles. The third-order valence-electron chi connectivity index (χ3n) is 5.53. The highest BCUT2D eigenvalue weighted by molar-refractivity contribution is 7.89. The van der Waals surface area contributed by atoms with Crippen molar-refractivity contribution in [2.75, 3.05) is 38.2 Å². The second-order valence-electron chi connectivity index (χ2n) is 7.67. The van der Waals surface area contributed by atoms with Crippen molar-refractivity contribution in [3.05, 3.63) is 65.7 Å². The Hall–Kier alpha value is -2.97. The highest BCUT2D eigenvalue weighted by atomic mass is 32.2. The maximum absolute atomic E-state index is 13.1. The molecule has 8 heteroatoms. The van der Waals surface area contributed by atoms with Crippen LogP contribution in [0.4, 0.5) is 5.82 Å². The first-order valence-corrected chi connectivity index (χ1v) is 11.6. The number of nitrogens with zero attached hydrogens (tertiary/aromatic N) is 4. The van der Waals surface area contributed by atoms with Gasteiger partial charge in [-0.1, -0.05) is 29.8 Å². The van der Waals surface area contributed by atoms with Gasteiger partial charge in [0.1, 0.15) is 5.75 Å². The molecule has 0 radical (unpaired) electrons. The van der Waals surface area contributed by atoms with Crippen molar-refractivity contribution < 1.29 is 13.2 Å². The number of aromatic nitrogens is 2. The average molecular weight is 439 g/mol. The van der Waals surface area contributed by atoms with Crippen LogP contribution in [0.3, 0.4) is 0 Å². The zero-order chi connectivity index (χ0) is 22.0. The summed E-state index contributed by atoms with van der Waals surface area (Å²) in [6.45, 7) is 5.76. The van der Waals surface area contributed by atoms with Gasteiger partial charge in [-0.3, -0.25) is 0 Å². The van der Waals surface area contributed by atoms with Gasteiger partial charge in [0.15, 0.2) is 5.82 Å². The van der Waals surface area contributed by atoms with E-state index in [9.17, 15) is 8.42 Å². The molecule has 2 aromatic carbocycles. The molecule has 0 atom stereocenters. The normalized spacial score (nSPS) is 15.1. The van der Waals surface area contributed by atoms with Crippen molar-refractivity contribution >= 4 is 15.8 Å². The fourth-order valence-corrected chi connectivity index (χ4v) is 5.44. The molecule has 1 saturated heterocycles. The lowest BCUT2D eigenvalue weighted by Crippen LogP contribution is -2.49. The molecule has 0 amide bonds. The van der Waals surface area contributed by atoms with Crippen LogP contribution in [0.2, 0.25) is 0 Å². The van der Waals surface area contributed by atoms with Crippen molar-refractivity contribution in [3.8, 4) is 17.0 Å². The molecule has 0 aliphatic carbocycles. The number of anilines is 1. The number of methoxy groups -OCH3 is 1. The Labute approximate surface area is 183 Å². The quantitative estimate of drug-likeness (QED) is 0.609. The molecule has 0 bridgehead atoms. The van der Waals surface area contributed by atoms with Gasteiger partial charge in [0.2, 0.25) is 10.0 Å². The van der Waals surface area contributed by atoms with Gasteiger partial charge >= 0.3 is 0 Å². The van der Waals surface area contributed by atoms with E-state index in [1.54, 1.807) is 17.5 Å². The van der Waals surface area contributed by atoms with E-state index in [0.29, 0.717) is 31.1 Å². The summed E-state index contributed by atoms with van der Waals surface area (Å²) in [6, 6.07) is 17.0. The van der Waals surface area contributed by atoms with Gasteiger partial charge in [-0.25, -0.2) is 8.42 Å².